The number of nitrogens with zero attached hydrogens (tertiary/aromatic N) is 3. The van der Waals surface area contributed by atoms with Crippen molar-refractivity contribution >= 4 is 0 Å². The molecule has 0 atom stereocenters. The maximum absolute atomic E-state index is 9.59. The van der Waals surface area contributed by atoms with E-state index in [1.807, 2.05) is 6.92 Å². The van der Waals surface area contributed by atoms with E-state index in [0.29, 0.717) is 25.5 Å². The van der Waals surface area contributed by atoms with Gasteiger partial charge in [0, 0.05) is 18.5 Å². The Bertz CT molecular complexity index is 371. The molecule has 0 spiro atoms. The highest BCUT2D eigenvalue weighted by Crippen LogP contribution is 2.23. The SMILES string of the molecule is CC1(O)CN(Cc2nc(C(C)(C)C)no2)C1. The summed E-state index contributed by atoms with van der Waals surface area (Å²) in [6, 6.07) is 0. The highest BCUT2D eigenvalue weighted by molar-refractivity contribution is 5.01. The summed E-state index contributed by atoms with van der Waals surface area (Å²) in [7, 11) is 0. The number of hydrogen-bond acceptors (Lipinski definition) is 5. The Morgan fingerprint density at radius 2 is 2.06 bits per heavy atom. The van der Waals surface area contributed by atoms with Crippen molar-refractivity contribution in [3.63, 3.8) is 0 Å². The third kappa shape index (κ3) is 2.41. The second kappa shape index (κ2) is 3.53. The molecule has 1 N–H and O–H groups in total. The maximum Gasteiger partial charge on any atom is 0.240 e. The summed E-state index contributed by atoms with van der Waals surface area (Å²) in [6.45, 7) is 9.94. The van der Waals surface area contributed by atoms with Crippen LogP contribution in [-0.4, -0.2) is 38.8 Å². The first kappa shape index (κ1) is 11.5. The number of likely N-dealkylation sites (tertiary alicyclic amines) is 1. The van der Waals surface area contributed by atoms with Crippen molar-refractivity contribution in [1.29, 1.82) is 0 Å². The third-order valence-electron chi connectivity index (χ3n) is 2.63. The van der Waals surface area contributed by atoms with Crippen LogP contribution in [-0.2, 0) is 12.0 Å². The summed E-state index contributed by atoms with van der Waals surface area (Å²) in [5.41, 5.74) is -0.630. The van der Waals surface area contributed by atoms with E-state index in [4.69, 9.17) is 4.52 Å². The molecule has 0 aliphatic carbocycles. The molecule has 1 saturated heterocycles. The third-order valence-corrected chi connectivity index (χ3v) is 2.63. The van der Waals surface area contributed by atoms with Crippen LogP contribution in [0.1, 0.15) is 39.4 Å². The van der Waals surface area contributed by atoms with E-state index in [0.717, 1.165) is 5.82 Å². The lowest BCUT2D eigenvalue weighted by Gasteiger charge is -2.43. The van der Waals surface area contributed by atoms with Crippen molar-refractivity contribution in [2.45, 2.75) is 45.3 Å². The van der Waals surface area contributed by atoms with Crippen molar-refractivity contribution in [2.24, 2.45) is 0 Å². The summed E-state index contributed by atoms with van der Waals surface area (Å²) in [5, 5.41) is 13.5. The molecule has 1 aliphatic heterocycles. The fourth-order valence-corrected chi connectivity index (χ4v) is 1.84. The van der Waals surface area contributed by atoms with Crippen LogP contribution in [0, 0.1) is 0 Å². The standard InChI is InChI=1S/C11H19N3O2/c1-10(2,3)9-12-8(16-13-9)5-14-6-11(4,15)7-14/h15H,5-7H2,1-4H3. The van der Waals surface area contributed by atoms with Gasteiger partial charge in [0.1, 0.15) is 0 Å². The van der Waals surface area contributed by atoms with Gasteiger partial charge in [0.05, 0.1) is 12.1 Å². The van der Waals surface area contributed by atoms with Gasteiger partial charge < -0.3 is 9.63 Å². The average molecular weight is 225 g/mol. The topological polar surface area (TPSA) is 62.4 Å². The van der Waals surface area contributed by atoms with E-state index in [1.54, 1.807) is 0 Å². The van der Waals surface area contributed by atoms with Gasteiger partial charge in [-0.15, -0.1) is 0 Å². The lowest BCUT2D eigenvalue weighted by Crippen LogP contribution is -2.59. The van der Waals surface area contributed by atoms with E-state index < -0.39 is 5.60 Å². The molecule has 1 fully saturated rings. The van der Waals surface area contributed by atoms with Crippen molar-refractivity contribution in [1.82, 2.24) is 15.0 Å². The molecule has 5 nitrogen and oxygen atoms in total. The Morgan fingerprint density at radius 1 is 1.44 bits per heavy atom. The van der Waals surface area contributed by atoms with Crippen molar-refractivity contribution < 1.29 is 9.63 Å². The molecule has 16 heavy (non-hydrogen) atoms. The Morgan fingerprint density at radius 3 is 2.50 bits per heavy atom. The van der Waals surface area contributed by atoms with Gasteiger partial charge in [-0.3, -0.25) is 4.90 Å². The average Bonchev–Trinajstić information content (AvgIpc) is 2.48. The van der Waals surface area contributed by atoms with Crippen LogP contribution >= 0.6 is 0 Å². The van der Waals surface area contributed by atoms with Crippen LogP contribution < -0.4 is 0 Å². The first-order valence-electron chi connectivity index (χ1n) is 5.54. The number of hydrogen-bond donors (Lipinski definition) is 1. The molecule has 0 bridgehead atoms. The molecule has 0 aromatic carbocycles. The summed E-state index contributed by atoms with van der Waals surface area (Å²) in [5.74, 6) is 1.36. The predicted molar refractivity (Wildman–Crippen MR) is 58.9 cm³/mol. The molecule has 1 aromatic rings. The van der Waals surface area contributed by atoms with E-state index in [-0.39, 0.29) is 5.41 Å². The maximum atomic E-state index is 9.59. The lowest BCUT2D eigenvalue weighted by molar-refractivity contribution is -0.0901. The zero-order valence-corrected chi connectivity index (χ0v) is 10.3. The summed E-state index contributed by atoms with van der Waals surface area (Å²) >= 11 is 0. The molecular formula is C11H19N3O2. The normalized spacial score (nSPS) is 20.8. The molecular weight excluding hydrogens is 206 g/mol. The van der Waals surface area contributed by atoms with Gasteiger partial charge in [-0.05, 0) is 6.92 Å². The Balaban J connectivity index is 1.94. The van der Waals surface area contributed by atoms with E-state index in [1.165, 1.54) is 0 Å². The van der Waals surface area contributed by atoms with Crippen LogP contribution in [0.5, 0.6) is 0 Å². The lowest BCUT2D eigenvalue weighted by atomic mass is 9.96. The molecule has 2 heterocycles. The molecule has 0 radical (unpaired) electrons. The van der Waals surface area contributed by atoms with Crippen LogP contribution in [0.25, 0.3) is 0 Å². The summed E-state index contributed by atoms with van der Waals surface area (Å²) in [6.07, 6.45) is 0. The van der Waals surface area contributed by atoms with Crippen LogP contribution in [0.4, 0.5) is 0 Å². The first-order chi connectivity index (χ1) is 7.26. The highest BCUT2D eigenvalue weighted by Gasteiger charge is 2.37. The first-order valence-corrected chi connectivity index (χ1v) is 5.54. The monoisotopic (exact) mass is 225 g/mol. The minimum Gasteiger partial charge on any atom is -0.388 e. The van der Waals surface area contributed by atoms with Gasteiger partial charge >= 0.3 is 0 Å². The summed E-state index contributed by atoms with van der Waals surface area (Å²) in [4.78, 5) is 6.43. The molecule has 90 valence electrons. The molecule has 0 saturated carbocycles. The zero-order chi connectivity index (χ0) is 12.0. The Kier molecular flexibility index (Phi) is 2.55. The predicted octanol–water partition coefficient (Wildman–Crippen LogP) is 0.934. The van der Waals surface area contributed by atoms with Crippen molar-refractivity contribution in [3.8, 4) is 0 Å². The second-order valence-corrected chi connectivity index (χ2v) is 5.90. The zero-order valence-electron chi connectivity index (χ0n) is 10.3. The molecule has 1 aliphatic rings. The smallest absolute Gasteiger partial charge is 0.240 e. The second-order valence-electron chi connectivity index (χ2n) is 5.90. The van der Waals surface area contributed by atoms with E-state index >= 15 is 0 Å². The minimum absolute atomic E-state index is 0.0812. The fourth-order valence-electron chi connectivity index (χ4n) is 1.84. The minimum atomic E-state index is -0.549. The van der Waals surface area contributed by atoms with E-state index in [9.17, 15) is 5.11 Å². The van der Waals surface area contributed by atoms with Gasteiger partial charge in [-0.1, -0.05) is 25.9 Å². The number of aliphatic hydroxyl groups is 1. The van der Waals surface area contributed by atoms with Gasteiger partial charge in [-0.25, -0.2) is 0 Å². The van der Waals surface area contributed by atoms with Gasteiger partial charge in [0.2, 0.25) is 5.89 Å². The number of β-amino-alcohol motifs (C(OH)–C–C–N with tert-alkyl or cyclic N) is 1. The number of aromatic nitrogens is 2. The highest BCUT2D eigenvalue weighted by atomic mass is 16.5. The molecule has 5 heteroatoms. The van der Waals surface area contributed by atoms with Gasteiger partial charge in [0.15, 0.2) is 5.82 Å². The van der Waals surface area contributed by atoms with Crippen LogP contribution in [0.15, 0.2) is 4.52 Å². The van der Waals surface area contributed by atoms with E-state index in [2.05, 4.69) is 35.8 Å². The summed E-state index contributed by atoms with van der Waals surface area (Å²) < 4.78 is 5.18. The van der Waals surface area contributed by atoms with Crippen LogP contribution in [0.2, 0.25) is 0 Å². The molecule has 1 aromatic heterocycles. The molecule has 2 rings (SSSR count). The Labute approximate surface area is 95.4 Å². The largest absolute Gasteiger partial charge is 0.388 e. The Hall–Kier alpha value is -0.940. The molecule has 0 unspecified atom stereocenters. The van der Waals surface area contributed by atoms with Gasteiger partial charge in [0.25, 0.3) is 0 Å². The molecule has 0 amide bonds. The number of rotatable bonds is 2. The quantitative estimate of drug-likeness (QED) is 0.811. The fraction of sp³-hybridized carbons (Fsp3) is 0.818. The van der Waals surface area contributed by atoms with Gasteiger partial charge in [-0.2, -0.15) is 4.98 Å². The van der Waals surface area contributed by atoms with Crippen molar-refractivity contribution in [2.75, 3.05) is 13.1 Å². The van der Waals surface area contributed by atoms with Crippen LogP contribution in [0.3, 0.4) is 0 Å². The van der Waals surface area contributed by atoms with Crippen molar-refractivity contribution in [3.05, 3.63) is 11.7 Å².